The van der Waals surface area contributed by atoms with Gasteiger partial charge in [0.2, 0.25) is 0 Å². The van der Waals surface area contributed by atoms with Crippen molar-refractivity contribution in [2.75, 3.05) is 32.6 Å². The van der Waals surface area contributed by atoms with Crippen LogP contribution in [0.15, 0.2) is 36.4 Å². The first-order valence-electron chi connectivity index (χ1n) is 9.54. The Morgan fingerprint density at radius 1 is 1.19 bits per heavy atom. The average Bonchev–Trinajstić information content (AvgIpc) is 3.37. The zero-order valence-electron chi connectivity index (χ0n) is 16.8. The highest BCUT2D eigenvalue weighted by Crippen LogP contribution is 2.35. The standard InChI is InChI=1S/C21H20F3N3O3S/c1-29-15-4-3-5-16(30-2)18(15)19(28)27-9-8-13(11-27)25-20-26-14-10-12(21(22,23)24)6-7-17(14)31-20/h3-7,10,13H,8-9,11H2,1-2H3,(H,25,26). The van der Waals surface area contributed by atoms with E-state index >= 15 is 0 Å². The van der Waals surface area contributed by atoms with E-state index in [0.717, 1.165) is 12.1 Å². The summed E-state index contributed by atoms with van der Waals surface area (Å²) in [6, 6.07) is 8.64. The zero-order valence-corrected chi connectivity index (χ0v) is 17.6. The van der Waals surface area contributed by atoms with Crippen molar-refractivity contribution in [1.29, 1.82) is 0 Å². The molecule has 0 spiro atoms. The molecule has 1 saturated heterocycles. The summed E-state index contributed by atoms with van der Waals surface area (Å²) in [5, 5.41) is 3.78. The van der Waals surface area contributed by atoms with Crippen LogP contribution in [-0.2, 0) is 6.18 Å². The molecule has 1 aliphatic heterocycles. The van der Waals surface area contributed by atoms with Gasteiger partial charge in [-0.1, -0.05) is 17.4 Å². The normalized spacial score (nSPS) is 16.5. The minimum atomic E-state index is -4.41. The fourth-order valence-corrected chi connectivity index (χ4v) is 4.55. The van der Waals surface area contributed by atoms with E-state index < -0.39 is 11.7 Å². The van der Waals surface area contributed by atoms with E-state index in [1.165, 1.54) is 31.6 Å². The Kier molecular flexibility index (Phi) is 5.65. The van der Waals surface area contributed by atoms with Crippen molar-refractivity contribution in [2.24, 2.45) is 0 Å². The third kappa shape index (κ3) is 4.25. The number of aromatic nitrogens is 1. The summed E-state index contributed by atoms with van der Waals surface area (Å²) in [7, 11) is 2.99. The largest absolute Gasteiger partial charge is 0.496 e. The minimum absolute atomic E-state index is 0.0627. The smallest absolute Gasteiger partial charge is 0.416 e. The fraction of sp³-hybridized carbons (Fsp3) is 0.333. The first-order chi connectivity index (χ1) is 14.8. The van der Waals surface area contributed by atoms with E-state index in [1.54, 1.807) is 23.1 Å². The van der Waals surface area contributed by atoms with Crippen LogP contribution in [0.5, 0.6) is 11.5 Å². The quantitative estimate of drug-likeness (QED) is 0.612. The molecular weight excluding hydrogens is 431 g/mol. The van der Waals surface area contributed by atoms with E-state index in [2.05, 4.69) is 10.3 Å². The van der Waals surface area contributed by atoms with E-state index in [9.17, 15) is 18.0 Å². The van der Waals surface area contributed by atoms with Crippen molar-refractivity contribution in [3.05, 3.63) is 47.5 Å². The number of likely N-dealkylation sites (tertiary alicyclic amines) is 1. The summed E-state index contributed by atoms with van der Waals surface area (Å²) in [5.74, 6) is 0.678. The van der Waals surface area contributed by atoms with Crippen LogP contribution in [-0.4, -0.2) is 49.1 Å². The molecule has 1 unspecified atom stereocenters. The third-order valence-electron chi connectivity index (χ3n) is 5.16. The van der Waals surface area contributed by atoms with Crippen LogP contribution >= 0.6 is 11.3 Å². The van der Waals surface area contributed by atoms with Crippen molar-refractivity contribution in [1.82, 2.24) is 9.88 Å². The summed E-state index contributed by atoms with van der Waals surface area (Å²) < 4.78 is 50.1. The number of amides is 1. The number of anilines is 1. The van der Waals surface area contributed by atoms with Crippen molar-refractivity contribution in [3.8, 4) is 11.5 Å². The number of halogens is 3. The molecule has 2 aromatic carbocycles. The number of benzene rings is 2. The number of fused-ring (bicyclic) bond motifs is 1. The Labute approximate surface area is 180 Å². The Bertz CT molecular complexity index is 1090. The molecule has 1 amide bonds. The van der Waals surface area contributed by atoms with Gasteiger partial charge in [-0.25, -0.2) is 4.98 Å². The average molecular weight is 451 g/mol. The van der Waals surface area contributed by atoms with Gasteiger partial charge in [0.05, 0.1) is 30.0 Å². The van der Waals surface area contributed by atoms with Gasteiger partial charge in [-0.3, -0.25) is 4.79 Å². The topological polar surface area (TPSA) is 63.7 Å². The summed E-state index contributed by atoms with van der Waals surface area (Å²) in [6.45, 7) is 0.963. The first-order valence-corrected chi connectivity index (χ1v) is 10.4. The van der Waals surface area contributed by atoms with Gasteiger partial charge in [0.1, 0.15) is 17.1 Å². The molecule has 4 rings (SSSR count). The van der Waals surface area contributed by atoms with Gasteiger partial charge in [-0.05, 0) is 36.8 Å². The maximum absolute atomic E-state index is 13.1. The lowest BCUT2D eigenvalue weighted by Gasteiger charge is -2.20. The maximum atomic E-state index is 13.1. The number of hydrogen-bond donors (Lipinski definition) is 1. The Morgan fingerprint density at radius 3 is 2.55 bits per heavy atom. The first kappa shape index (κ1) is 21.2. The molecule has 1 fully saturated rings. The number of carbonyl (C=O) groups is 1. The lowest BCUT2D eigenvalue weighted by molar-refractivity contribution is -0.137. The summed E-state index contributed by atoms with van der Waals surface area (Å²) in [5.41, 5.74) is -0.0555. The summed E-state index contributed by atoms with van der Waals surface area (Å²) in [4.78, 5) is 19.1. The Hall–Kier alpha value is -3.01. The van der Waals surface area contributed by atoms with Gasteiger partial charge in [-0.15, -0.1) is 0 Å². The van der Waals surface area contributed by atoms with E-state index in [1.807, 2.05) is 0 Å². The number of alkyl halides is 3. The highest BCUT2D eigenvalue weighted by Gasteiger charge is 2.32. The van der Waals surface area contributed by atoms with Crippen LogP contribution < -0.4 is 14.8 Å². The van der Waals surface area contributed by atoms with Gasteiger partial charge in [0.25, 0.3) is 5.91 Å². The molecule has 1 N–H and O–H groups in total. The molecule has 164 valence electrons. The number of methoxy groups -OCH3 is 2. The Balaban J connectivity index is 1.48. The lowest BCUT2D eigenvalue weighted by Crippen LogP contribution is -2.32. The third-order valence-corrected chi connectivity index (χ3v) is 6.13. The van der Waals surface area contributed by atoms with Gasteiger partial charge in [-0.2, -0.15) is 13.2 Å². The van der Waals surface area contributed by atoms with Crippen LogP contribution in [0.2, 0.25) is 0 Å². The molecule has 0 bridgehead atoms. The van der Waals surface area contributed by atoms with Crippen LogP contribution in [0.3, 0.4) is 0 Å². The molecular formula is C21H20F3N3O3S. The molecule has 10 heteroatoms. The molecule has 1 aliphatic rings. The van der Waals surface area contributed by atoms with E-state index in [-0.39, 0.29) is 11.9 Å². The van der Waals surface area contributed by atoms with Crippen LogP contribution in [0.4, 0.5) is 18.3 Å². The number of nitrogens with zero attached hydrogens (tertiary/aromatic N) is 2. The molecule has 1 aromatic heterocycles. The predicted octanol–water partition coefficient (Wildman–Crippen LogP) is 4.66. The van der Waals surface area contributed by atoms with Crippen LogP contribution in [0, 0.1) is 0 Å². The number of hydrogen-bond acceptors (Lipinski definition) is 6. The van der Waals surface area contributed by atoms with Crippen LogP contribution in [0.25, 0.3) is 10.2 Å². The monoisotopic (exact) mass is 451 g/mol. The van der Waals surface area contributed by atoms with Gasteiger partial charge in [0, 0.05) is 19.1 Å². The van der Waals surface area contributed by atoms with Crippen molar-refractivity contribution in [2.45, 2.75) is 18.6 Å². The maximum Gasteiger partial charge on any atom is 0.416 e. The van der Waals surface area contributed by atoms with Gasteiger partial charge < -0.3 is 19.7 Å². The van der Waals surface area contributed by atoms with Crippen molar-refractivity contribution >= 4 is 32.6 Å². The second kappa shape index (κ2) is 8.26. The highest BCUT2D eigenvalue weighted by molar-refractivity contribution is 7.22. The van der Waals surface area contributed by atoms with Crippen LogP contribution in [0.1, 0.15) is 22.3 Å². The number of thiazole rings is 1. The van der Waals surface area contributed by atoms with Gasteiger partial charge in [0.15, 0.2) is 5.13 Å². The number of carbonyl (C=O) groups excluding carboxylic acids is 1. The molecule has 31 heavy (non-hydrogen) atoms. The SMILES string of the molecule is COc1cccc(OC)c1C(=O)N1CCC(Nc2nc3cc(C(F)(F)F)ccc3s2)C1. The molecule has 6 nitrogen and oxygen atoms in total. The lowest BCUT2D eigenvalue weighted by atomic mass is 10.1. The van der Waals surface area contributed by atoms with Gasteiger partial charge >= 0.3 is 6.18 Å². The second-order valence-electron chi connectivity index (χ2n) is 7.12. The van der Waals surface area contributed by atoms with E-state index in [4.69, 9.17) is 9.47 Å². The Morgan fingerprint density at radius 2 is 1.90 bits per heavy atom. The number of rotatable bonds is 5. The van der Waals surface area contributed by atoms with Crippen molar-refractivity contribution < 1.29 is 27.4 Å². The predicted molar refractivity (Wildman–Crippen MR) is 112 cm³/mol. The van der Waals surface area contributed by atoms with E-state index in [0.29, 0.717) is 51.9 Å². The fourth-order valence-electron chi connectivity index (χ4n) is 3.62. The number of ether oxygens (including phenoxy) is 2. The molecule has 0 aliphatic carbocycles. The highest BCUT2D eigenvalue weighted by atomic mass is 32.1. The molecule has 0 saturated carbocycles. The number of nitrogens with one attached hydrogen (secondary N) is 1. The summed E-state index contributed by atoms with van der Waals surface area (Å²) >= 11 is 1.29. The zero-order chi connectivity index (χ0) is 22.2. The molecule has 3 aromatic rings. The molecule has 2 heterocycles. The minimum Gasteiger partial charge on any atom is -0.496 e. The van der Waals surface area contributed by atoms with Crippen molar-refractivity contribution in [3.63, 3.8) is 0 Å². The molecule has 0 radical (unpaired) electrons. The summed E-state index contributed by atoms with van der Waals surface area (Å²) in [6.07, 6.45) is -3.72. The molecule has 1 atom stereocenters. The second-order valence-corrected chi connectivity index (χ2v) is 8.15.